The minimum absolute atomic E-state index is 0.499. The van der Waals surface area contributed by atoms with E-state index in [0.29, 0.717) is 13.2 Å². The Morgan fingerprint density at radius 1 is 1.05 bits per heavy atom. The number of benzene rings is 2. The third-order valence-corrected chi connectivity index (χ3v) is 3.79. The quantitative estimate of drug-likeness (QED) is 0.627. The third-order valence-electron chi connectivity index (χ3n) is 2.82. The van der Waals surface area contributed by atoms with Gasteiger partial charge in [-0.15, -0.1) is 11.8 Å². The first-order valence-corrected chi connectivity index (χ1v) is 7.49. The van der Waals surface area contributed by atoms with Gasteiger partial charge in [-0.2, -0.15) is 0 Å². The second kappa shape index (κ2) is 7.82. The summed E-state index contributed by atoms with van der Waals surface area (Å²) in [7, 11) is 1.64. The van der Waals surface area contributed by atoms with E-state index in [4.69, 9.17) is 15.2 Å². The van der Waals surface area contributed by atoms with Crippen LogP contribution in [0.3, 0.4) is 0 Å². The fourth-order valence-corrected chi connectivity index (χ4v) is 2.54. The van der Waals surface area contributed by atoms with Crippen molar-refractivity contribution in [3.8, 4) is 11.5 Å². The van der Waals surface area contributed by atoms with Crippen LogP contribution in [0, 0.1) is 0 Å². The number of rotatable bonds is 7. The van der Waals surface area contributed by atoms with Crippen LogP contribution in [0.5, 0.6) is 11.5 Å². The van der Waals surface area contributed by atoms with E-state index in [0.717, 1.165) is 22.8 Å². The molecule has 106 valence electrons. The van der Waals surface area contributed by atoms with Gasteiger partial charge in [0.2, 0.25) is 0 Å². The smallest absolute Gasteiger partial charge is 0.161 e. The summed E-state index contributed by atoms with van der Waals surface area (Å²) in [5.41, 5.74) is 6.68. The summed E-state index contributed by atoms with van der Waals surface area (Å²) in [4.78, 5) is 1.25. The summed E-state index contributed by atoms with van der Waals surface area (Å²) in [5.74, 6) is 2.39. The van der Waals surface area contributed by atoms with Gasteiger partial charge in [0.1, 0.15) is 0 Å². The van der Waals surface area contributed by atoms with Crippen molar-refractivity contribution in [1.29, 1.82) is 0 Å². The summed E-state index contributed by atoms with van der Waals surface area (Å²) < 4.78 is 11.1. The lowest BCUT2D eigenvalue weighted by Crippen LogP contribution is -2.03. The Morgan fingerprint density at radius 2 is 1.85 bits per heavy atom. The molecule has 2 rings (SSSR count). The van der Waals surface area contributed by atoms with Crippen molar-refractivity contribution in [3.63, 3.8) is 0 Å². The van der Waals surface area contributed by atoms with Crippen LogP contribution in [0.1, 0.15) is 5.56 Å². The van der Waals surface area contributed by atoms with Crippen LogP contribution in [0.15, 0.2) is 53.4 Å². The summed E-state index contributed by atoms with van der Waals surface area (Å²) >= 11 is 1.77. The Balaban J connectivity index is 1.87. The molecule has 0 aliphatic heterocycles. The standard InChI is InChI=1S/C16H19NO2S/c1-18-15-8-7-13(12-17)11-16(15)19-9-10-20-14-5-3-2-4-6-14/h2-8,11H,9-10,12,17H2,1H3. The van der Waals surface area contributed by atoms with Gasteiger partial charge in [0, 0.05) is 17.2 Å². The second-order valence-electron chi connectivity index (χ2n) is 4.20. The van der Waals surface area contributed by atoms with Crippen molar-refractivity contribution in [1.82, 2.24) is 0 Å². The fraction of sp³-hybridized carbons (Fsp3) is 0.250. The van der Waals surface area contributed by atoms with Gasteiger partial charge in [0.25, 0.3) is 0 Å². The Morgan fingerprint density at radius 3 is 2.55 bits per heavy atom. The first kappa shape index (κ1) is 14.8. The van der Waals surface area contributed by atoms with E-state index < -0.39 is 0 Å². The lowest BCUT2D eigenvalue weighted by Gasteiger charge is -2.11. The Labute approximate surface area is 124 Å². The average molecular weight is 289 g/mol. The Hall–Kier alpha value is -1.65. The van der Waals surface area contributed by atoms with E-state index in [9.17, 15) is 0 Å². The van der Waals surface area contributed by atoms with E-state index in [1.807, 2.05) is 36.4 Å². The number of hydrogen-bond donors (Lipinski definition) is 1. The maximum Gasteiger partial charge on any atom is 0.161 e. The number of methoxy groups -OCH3 is 1. The van der Waals surface area contributed by atoms with Gasteiger partial charge in [0.15, 0.2) is 11.5 Å². The third kappa shape index (κ3) is 4.18. The highest BCUT2D eigenvalue weighted by molar-refractivity contribution is 7.99. The van der Waals surface area contributed by atoms with Crippen molar-refractivity contribution in [2.24, 2.45) is 5.73 Å². The van der Waals surface area contributed by atoms with E-state index in [-0.39, 0.29) is 0 Å². The van der Waals surface area contributed by atoms with E-state index in [1.165, 1.54) is 4.90 Å². The van der Waals surface area contributed by atoms with Gasteiger partial charge in [-0.1, -0.05) is 24.3 Å². The summed E-state index contributed by atoms with van der Waals surface area (Å²) in [6.07, 6.45) is 0. The van der Waals surface area contributed by atoms with E-state index in [1.54, 1.807) is 18.9 Å². The second-order valence-corrected chi connectivity index (χ2v) is 5.37. The van der Waals surface area contributed by atoms with Crippen LogP contribution in [0.25, 0.3) is 0 Å². The molecule has 0 fully saturated rings. The van der Waals surface area contributed by atoms with Crippen molar-refractivity contribution in [2.75, 3.05) is 19.5 Å². The SMILES string of the molecule is COc1ccc(CN)cc1OCCSc1ccccc1. The number of nitrogens with two attached hydrogens (primary N) is 1. The molecular weight excluding hydrogens is 270 g/mol. The van der Waals surface area contributed by atoms with Crippen molar-refractivity contribution >= 4 is 11.8 Å². The molecule has 2 aromatic carbocycles. The van der Waals surface area contributed by atoms with Crippen LogP contribution < -0.4 is 15.2 Å². The molecule has 2 aromatic rings. The zero-order valence-corrected chi connectivity index (χ0v) is 12.4. The van der Waals surface area contributed by atoms with Crippen LogP contribution in [-0.2, 0) is 6.54 Å². The van der Waals surface area contributed by atoms with Gasteiger partial charge >= 0.3 is 0 Å². The molecule has 0 amide bonds. The molecule has 0 unspecified atom stereocenters. The van der Waals surface area contributed by atoms with Crippen molar-refractivity contribution in [3.05, 3.63) is 54.1 Å². The van der Waals surface area contributed by atoms with Crippen molar-refractivity contribution in [2.45, 2.75) is 11.4 Å². The summed E-state index contributed by atoms with van der Waals surface area (Å²) in [5, 5.41) is 0. The minimum Gasteiger partial charge on any atom is -0.493 e. The monoisotopic (exact) mass is 289 g/mol. The molecule has 2 N–H and O–H groups in total. The number of hydrogen-bond acceptors (Lipinski definition) is 4. The van der Waals surface area contributed by atoms with Crippen LogP contribution in [0.4, 0.5) is 0 Å². The molecule has 4 heteroatoms. The lowest BCUT2D eigenvalue weighted by atomic mass is 10.2. The molecule has 20 heavy (non-hydrogen) atoms. The predicted octanol–water partition coefficient (Wildman–Crippen LogP) is 3.33. The van der Waals surface area contributed by atoms with Crippen molar-refractivity contribution < 1.29 is 9.47 Å². The maximum atomic E-state index is 5.79. The highest BCUT2D eigenvalue weighted by Gasteiger charge is 2.05. The molecule has 0 aliphatic rings. The topological polar surface area (TPSA) is 44.5 Å². The molecule has 0 heterocycles. The largest absolute Gasteiger partial charge is 0.493 e. The van der Waals surface area contributed by atoms with E-state index >= 15 is 0 Å². The molecule has 0 saturated heterocycles. The molecular formula is C16H19NO2S. The fourth-order valence-electron chi connectivity index (χ4n) is 1.79. The van der Waals surface area contributed by atoms with Gasteiger partial charge in [-0.3, -0.25) is 0 Å². The molecule has 3 nitrogen and oxygen atoms in total. The number of ether oxygens (including phenoxy) is 2. The summed E-state index contributed by atoms with van der Waals surface area (Å²) in [6, 6.07) is 16.1. The highest BCUT2D eigenvalue weighted by Crippen LogP contribution is 2.28. The molecule has 0 bridgehead atoms. The number of thioether (sulfide) groups is 1. The highest BCUT2D eigenvalue weighted by atomic mass is 32.2. The van der Waals surface area contributed by atoms with Gasteiger partial charge in [0.05, 0.1) is 13.7 Å². The summed E-state index contributed by atoms with van der Waals surface area (Å²) in [6.45, 7) is 1.13. The molecule has 0 spiro atoms. The van der Waals surface area contributed by atoms with Gasteiger partial charge in [-0.05, 0) is 29.8 Å². The minimum atomic E-state index is 0.499. The molecule has 0 saturated carbocycles. The first-order valence-electron chi connectivity index (χ1n) is 6.51. The van der Waals surface area contributed by atoms with Gasteiger partial charge in [-0.25, -0.2) is 0 Å². The molecule has 0 radical (unpaired) electrons. The average Bonchev–Trinajstić information content (AvgIpc) is 2.52. The molecule has 0 aromatic heterocycles. The van der Waals surface area contributed by atoms with Gasteiger partial charge < -0.3 is 15.2 Å². The normalized spacial score (nSPS) is 10.3. The predicted molar refractivity (Wildman–Crippen MR) is 83.5 cm³/mol. The van der Waals surface area contributed by atoms with E-state index in [2.05, 4.69) is 12.1 Å². The van der Waals surface area contributed by atoms with Crippen LogP contribution >= 0.6 is 11.8 Å². The zero-order chi connectivity index (χ0) is 14.2. The zero-order valence-electron chi connectivity index (χ0n) is 11.5. The van der Waals surface area contributed by atoms with Crippen LogP contribution in [-0.4, -0.2) is 19.5 Å². The molecule has 0 aliphatic carbocycles. The first-order chi connectivity index (χ1) is 9.83. The maximum absolute atomic E-state index is 5.79. The Bertz CT molecular complexity index is 531. The van der Waals surface area contributed by atoms with Crippen LogP contribution in [0.2, 0.25) is 0 Å². The Kier molecular flexibility index (Phi) is 5.77. The molecule has 0 atom stereocenters. The lowest BCUT2D eigenvalue weighted by molar-refractivity contribution is 0.313.